The zero-order valence-corrected chi connectivity index (χ0v) is 16.7. The predicted molar refractivity (Wildman–Crippen MR) is 106 cm³/mol. The highest BCUT2D eigenvalue weighted by Crippen LogP contribution is 2.18. The Morgan fingerprint density at radius 3 is 2.61 bits per heavy atom. The molecule has 150 valence electrons. The van der Waals surface area contributed by atoms with Gasteiger partial charge in [-0.1, -0.05) is 32.0 Å². The molecule has 7 heteroatoms. The van der Waals surface area contributed by atoms with Crippen LogP contribution in [-0.4, -0.2) is 45.8 Å². The molecule has 2 heterocycles. The number of hydrogen-bond acceptors (Lipinski definition) is 5. The number of likely N-dealkylation sites (tertiary alicyclic amines) is 1. The molecule has 0 saturated carbocycles. The molecule has 1 aliphatic rings. The summed E-state index contributed by atoms with van der Waals surface area (Å²) in [5, 5.41) is 5.11. The van der Waals surface area contributed by atoms with Crippen molar-refractivity contribution in [3.05, 3.63) is 40.3 Å². The van der Waals surface area contributed by atoms with Crippen molar-refractivity contribution in [1.82, 2.24) is 14.7 Å². The van der Waals surface area contributed by atoms with Gasteiger partial charge in [-0.05, 0) is 38.2 Å². The van der Waals surface area contributed by atoms with Gasteiger partial charge in [0.2, 0.25) is 0 Å². The summed E-state index contributed by atoms with van der Waals surface area (Å²) in [6.07, 6.45) is 3.04. The number of fused-ring (bicyclic) bond motifs is 1. The molecule has 0 radical (unpaired) electrons. The summed E-state index contributed by atoms with van der Waals surface area (Å²) in [7, 11) is 0. The maximum atomic E-state index is 12.7. The minimum atomic E-state index is -0.688. The maximum absolute atomic E-state index is 12.7. The van der Waals surface area contributed by atoms with Gasteiger partial charge < -0.3 is 9.64 Å². The van der Waals surface area contributed by atoms with Gasteiger partial charge in [0.1, 0.15) is 0 Å². The number of hydrogen-bond donors (Lipinski definition) is 0. The molecule has 1 aliphatic heterocycles. The summed E-state index contributed by atoms with van der Waals surface area (Å²) in [5.74, 6) is -0.690. The Morgan fingerprint density at radius 2 is 1.93 bits per heavy atom. The van der Waals surface area contributed by atoms with Crippen LogP contribution >= 0.6 is 0 Å². The van der Waals surface area contributed by atoms with Crippen molar-refractivity contribution < 1.29 is 14.3 Å². The molecule has 0 spiro atoms. The van der Waals surface area contributed by atoms with Gasteiger partial charge in [0.15, 0.2) is 12.3 Å². The lowest BCUT2D eigenvalue weighted by molar-refractivity contribution is -0.137. The van der Waals surface area contributed by atoms with Crippen molar-refractivity contribution in [2.24, 2.45) is 5.92 Å². The molecule has 1 amide bonds. The Labute approximate surface area is 164 Å². The highest BCUT2D eigenvalue weighted by atomic mass is 16.5. The van der Waals surface area contributed by atoms with Crippen molar-refractivity contribution in [3.63, 3.8) is 0 Å². The molecule has 1 aromatic carbocycles. The van der Waals surface area contributed by atoms with Crippen molar-refractivity contribution in [2.45, 2.75) is 52.6 Å². The first-order chi connectivity index (χ1) is 13.4. The largest absolute Gasteiger partial charge is 0.451 e. The molecule has 3 rings (SSSR count). The van der Waals surface area contributed by atoms with E-state index in [0.29, 0.717) is 23.9 Å². The summed E-state index contributed by atoms with van der Waals surface area (Å²) >= 11 is 0. The van der Waals surface area contributed by atoms with E-state index in [2.05, 4.69) is 5.10 Å². The van der Waals surface area contributed by atoms with E-state index in [4.69, 9.17) is 4.74 Å². The molecule has 7 nitrogen and oxygen atoms in total. The van der Waals surface area contributed by atoms with E-state index in [1.54, 1.807) is 29.2 Å². The molecule has 0 bridgehead atoms. The molecule has 2 aromatic rings. The van der Waals surface area contributed by atoms with Crippen LogP contribution in [-0.2, 0) is 16.1 Å². The monoisotopic (exact) mass is 385 g/mol. The average Bonchev–Trinajstić information content (AvgIpc) is 2.68. The number of ether oxygens (including phenoxy) is 1. The number of aromatic nitrogens is 2. The minimum absolute atomic E-state index is 0.0651. The van der Waals surface area contributed by atoms with E-state index in [1.807, 2.05) is 20.8 Å². The van der Waals surface area contributed by atoms with Crippen LogP contribution in [0.4, 0.5) is 0 Å². The van der Waals surface area contributed by atoms with Gasteiger partial charge in [0, 0.05) is 24.5 Å². The summed E-state index contributed by atoms with van der Waals surface area (Å²) < 4.78 is 6.60. The number of nitrogens with zero attached hydrogens (tertiary/aromatic N) is 3. The zero-order chi connectivity index (χ0) is 20.3. The fraction of sp³-hybridized carbons (Fsp3) is 0.524. The highest BCUT2D eigenvalue weighted by Gasteiger charge is 2.25. The standard InChI is InChI=1S/C21H27N3O4/c1-14(2)12-24-20(26)17-10-5-4-9-16(17)19(22-24)21(27)28-13-18(25)23-11-7-6-8-15(23)3/h4-5,9-10,14-15H,6-8,11-13H2,1-3H3/t15-/m0/s1. The van der Waals surface area contributed by atoms with Crippen molar-refractivity contribution >= 4 is 22.6 Å². The molecular weight excluding hydrogens is 358 g/mol. The van der Waals surface area contributed by atoms with E-state index in [9.17, 15) is 14.4 Å². The molecule has 28 heavy (non-hydrogen) atoms. The number of benzene rings is 1. The maximum Gasteiger partial charge on any atom is 0.359 e. The minimum Gasteiger partial charge on any atom is -0.451 e. The lowest BCUT2D eigenvalue weighted by atomic mass is 10.0. The fourth-order valence-electron chi connectivity index (χ4n) is 3.60. The van der Waals surface area contributed by atoms with Crippen LogP contribution in [0.3, 0.4) is 0 Å². The SMILES string of the molecule is CC(C)Cn1nc(C(=O)OCC(=O)N2CCCC[C@@H]2C)c2ccccc2c1=O. The lowest BCUT2D eigenvalue weighted by Gasteiger charge is -2.33. The average molecular weight is 385 g/mol. The lowest BCUT2D eigenvalue weighted by Crippen LogP contribution is -2.44. The first kappa shape index (κ1) is 20.0. The first-order valence-corrected chi connectivity index (χ1v) is 9.85. The van der Waals surface area contributed by atoms with Crippen LogP contribution in [0.25, 0.3) is 10.8 Å². The summed E-state index contributed by atoms with van der Waals surface area (Å²) in [4.78, 5) is 39.6. The Kier molecular flexibility index (Phi) is 6.11. The smallest absolute Gasteiger partial charge is 0.359 e. The van der Waals surface area contributed by atoms with Crippen LogP contribution < -0.4 is 5.56 Å². The van der Waals surface area contributed by atoms with E-state index in [-0.39, 0.29) is 35.7 Å². The molecule has 1 saturated heterocycles. The molecule has 1 fully saturated rings. The molecule has 0 N–H and O–H groups in total. The summed E-state index contributed by atoms with van der Waals surface area (Å²) in [6.45, 7) is 6.73. The third-order valence-corrected chi connectivity index (χ3v) is 5.05. The van der Waals surface area contributed by atoms with Crippen LogP contribution in [0.5, 0.6) is 0 Å². The zero-order valence-electron chi connectivity index (χ0n) is 16.7. The molecule has 0 aliphatic carbocycles. The Morgan fingerprint density at radius 1 is 1.21 bits per heavy atom. The normalized spacial score (nSPS) is 17.1. The number of rotatable bonds is 5. The molecule has 1 aromatic heterocycles. The number of carbonyl (C=O) groups is 2. The predicted octanol–water partition coefficient (Wildman–Crippen LogP) is 2.61. The number of esters is 1. The highest BCUT2D eigenvalue weighted by molar-refractivity contribution is 6.02. The van der Waals surface area contributed by atoms with Gasteiger partial charge in [0.25, 0.3) is 11.5 Å². The van der Waals surface area contributed by atoms with Crippen molar-refractivity contribution in [1.29, 1.82) is 0 Å². The molecule has 0 unspecified atom stereocenters. The Hall–Kier alpha value is -2.70. The van der Waals surface area contributed by atoms with E-state index in [1.165, 1.54) is 4.68 Å². The second-order valence-corrected chi connectivity index (χ2v) is 7.78. The van der Waals surface area contributed by atoms with Crippen molar-refractivity contribution in [2.75, 3.05) is 13.2 Å². The van der Waals surface area contributed by atoms with Gasteiger partial charge in [-0.2, -0.15) is 5.10 Å². The second-order valence-electron chi connectivity index (χ2n) is 7.78. The van der Waals surface area contributed by atoms with Gasteiger partial charge >= 0.3 is 5.97 Å². The Bertz CT molecular complexity index is 935. The first-order valence-electron chi connectivity index (χ1n) is 9.85. The van der Waals surface area contributed by atoms with E-state index >= 15 is 0 Å². The van der Waals surface area contributed by atoms with E-state index in [0.717, 1.165) is 19.3 Å². The van der Waals surface area contributed by atoms with Gasteiger partial charge in [-0.3, -0.25) is 9.59 Å². The van der Waals surface area contributed by atoms with Crippen LogP contribution in [0, 0.1) is 5.92 Å². The number of amides is 1. The van der Waals surface area contributed by atoms with Crippen LogP contribution in [0.1, 0.15) is 50.5 Å². The topological polar surface area (TPSA) is 81.5 Å². The van der Waals surface area contributed by atoms with Gasteiger partial charge in [-0.25, -0.2) is 9.48 Å². The summed E-state index contributed by atoms with van der Waals surface area (Å²) in [6, 6.07) is 7.00. The van der Waals surface area contributed by atoms with Crippen LogP contribution in [0.2, 0.25) is 0 Å². The van der Waals surface area contributed by atoms with E-state index < -0.39 is 5.97 Å². The molecule has 1 atom stereocenters. The third-order valence-electron chi connectivity index (χ3n) is 5.05. The number of piperidine rings is 1. The van der Waals surface area contributed by atoms with Gasteiger partial charge in [0.05, 0.1) is 5.39 Å². The third kappa shape index (κ3) is 4.24. The quantitative estimate of drug-likeness (QED) is 0.739. The van der Waals surface area contributed by atoms with Gasteiger partial charge in [-0.15, -0.1) is 0 Å². The Balaban J connectivity index is 1.83. The fourth-order valence-corrected chi connectivity index (χ4v) is 3.60. The number of carbonyl (C=O) groups excluding carboxylic acids is 2. The molecular formula is C21H27N3O4. The van der Waals surface area contributed by atoms with Crippen molar-refractivity contribution in [3.8, 4) is 0 Å². The van der Waals surface area contributed by atoms with Crippen LogP contribution in [0.15, 0.2) is 29.1 Å². The second kappa shape index (κ2) is 8.54. The summed E-state index contributed by atoms with van der Waals surface area (Å²) in [5.41, 5.74) is -0.172.